The van der Waals surface area contributed by atoms with Gasteiger partial charge in [-0.15, -0.1) is 0 Å². The predicted octanol–water partition coefficient (Wildman–Crippen LogP) is 2.52. The van der Waals surface area contributed by atoms with Crippen molar-refractivity contribution in [3.05, 3.63) is 23.8 Å². The summed E-state index contributed by atoms with van der Waals surface area (Å²) in [5.74, 6) is 0.340. The Kier molecular flexibility index (Phi) is 6.44. The lowest BCUT2D eigenvalue weighted by Gasteiger charge is -2.31. The summed E-state index contributed by atoms with van der Waals surface area (Å²) in [5.41, 5.74) is 2.44. The molecule has 0 saturated carbocycles. The fourth-order valence-electron chi connectivity index (χ4n) is 3.95. The van der Waals surface area contributed by atoms with Gasteiger partial charge in [0.2, 0.25) is 5.91 Å². The first-order chi connectivity index (χ1) is 13.7. The summed E-state index contributed by atoms with van der Waals surface area (Å²) in [7, 11) is 0. The number of anilines is 1. The molecule has 4 rings (SSSR count). The minimum absolute atomic E-state index is 0.127. The third-order valence-electron chi connectivity index (χ3n) is 5.82. The second-order valence-electron chi connectivity index (χ2n) is 7.66. The van der Waals surface area contributed by atoms with Crippen molar-refractivity contribution in [3.8, 4) is 0 Å². The third kappa shape index (κ3) is 4.64. The highest BCUT2D eigenvalue weighted by atomic mass is 32.1. The molecule has 2 saturated heterocycles. The van der Waals surface area contributed by atoms with Crippen LogP contribution in [0.1, 0.15) is 25.3 Å². The van der Waals surface area contributed by atoms with Gasteiger partial charge in [0.15, 0.2) is 5.13 Å². The molecule has 1 aromatic heterocycles. The van der Waals surface area contributed by atoms with Crippen LogP contribution in [0, 0.1) is 5.92 Å². The number of amides is 1. The first-order valence-electron chi connectivity index (χ1n) is 10.4. The van der Waals surface area contributed by atoms with Gasteiger partial charge in [-0.25, -0.2) is 4.98 Å². The fraction of sp³-hybridized carbons (Fsp3) is 0.619. The van der Waals surface area contributed by atoms with Crippen LogP contribution in [0.3, 0.4) is 0 Å². The van der Waals surface area contributed by atoms with Gasteiger partial charge in [0.05, 0.1) is 23.4 Å². The molecule has 0 aliphatic carbocycles. The Labute approximate surface area is 170 Å². The number of nitrogens with one attached hydrogen (secondary N) is 1. The molecule has 2 aliphatic heterocycles. The molecule has 2 aromatic rings. The molecular formula is C21H30N4O2S. The number of aromatic nitrogens is 1. The van der Waals surface area contributed by atoms with Gasteiger partial charge in [-0.3, -0.25) is 9.69 Å². The molecule has 1 aromatic carbocycles. The monoisotopic (exact) mass is 402 g/mol. The summed E-state index contributed by atoms with van der Waals surface area (Å²) in [6.07, 6.45) is 2.86. The zero-order chi connectivity index (χ0) is 19.3. The number of thiazole rings is 1. The minimum atomic E-state index is 0.127. The molecule has 2 aliphatic rings. The molecule has 0 radical (unpaired) electrons. The third-order valence-corrected chi connectivity index (χ3v) is 6.90. The number of piperidine rings is 1. The van der Waals surface area contributed by atoms with E-state index in [4.69, 9.17) is 9.72 Å². The van der Waals surface area contributed by atoms with Gasteiger partial charge in [0.25, 0.3) is 0 Å². The predicted molar refractivity (Wildman–Crippen MR) is 114 cm³/mol. The van der Waals surface area contributed by atoms with Gasteiger partial charge in [0, 0.05) is 45.2 Å². The molecular weight excluding hydrogens is 372 g/mol. The Bertz CT molecular complexity index is 795. The highest BCUT2D eigenvalue weighted by Crippen LogP contribution is 2.32. The molecule has 1 amide bonds. The molecule has 152 valence electrons. The van der Waals surface area contributed by atoms with Crippen LogP contribution in [0.25, 0.3) is 10.2 Å². The quantitative estimate of drug-likeness (QED) is 0.805. The fourth-order valence-corrected chi connectivity index (χ4v) is 5.03. The first kappa shape index (κ1) is 19.6. The molecule has 1 N–H and O–H groups in total. The summed E-state index contributed by atoms with van der Waals surface area (Å²) in [6.45, 7) is 9.18. The maximum Gasteiger partial charge on any atom is 0.223 e. The Morgan fingerprint density at radius 3 is 2.79 bits per heavy atom. The van der Waals surface area contributed by atoms with Crippen LogP contribution in [-0.2, 0) is 16.0 Å². The SMILES string of the molecule is CCc1ccc2nc(N3CCC(C(=O)NCCN4CCOCC4)CC3)sc2c1. The van der Waals surface area contributed by atoms with Crippen LogP contribution in [0.4, 0.5) is 5.13 Å². The number of morpholine rings is 1. The van der Waals surface area contributed by atoms with Gasteiger partial charge in [0.1, 0.15) is 0 Å². The Morgan fingerprint density at radius 2 is 2.04 bits per heavy atom. The second kappa shape index (κ2) is 9.20. The van der Waals surface area contributed by atoms with E-state index in [0.29, 0.717) is 0 Å². The van der Waals surface area contributed by atoms with E-state index in [1.165, 1.54) is 10.3 Å². The summed E-state index contributed by atoms with van der Waals surface area (Å²) >= 11 is 1.77. The zero-order valence-corrected chi connectivity index (χ0v) is 17.5. The van der Waals surface area contributed by atoms with E-state index in [2.05, 4.69) is 40.2 Å². The van der Waals surface area contributed by atoms with Crippen LogP contribution in [-0.4, -0.2) is 68.3 Å². The summed E-state index contributed by atoms with van der Waals surface area (Å²) in [6, 6.07) is 6.55. The highest BCUT2D eigenvalue weighted by Gasteiger charge is 2.26. The van der Waals surface area contributed by atoms with Gasteiger partial charge < -0.3 is 15.0 Å². The number of hydrogen-bond acceptors (Lipinski definition) is 6. The van der Waals surface area contributed by atoms with Crippen molar-refractivity contribution in [1.82, 2.24) is 15.2 Å². The lowest BCUT2D eigenvalue weighted by Crippen LogP contribution is -2.44. The van der Waals surface area contributed by atoms with Crippen LogP contribution >= 0.6 is 11.3 Å². The van der Waals surface area contributed by atoms with E-state index in [0.717, 1.165) is 82.4 Å². The van der Waals surface area contributed by atoms with Crippen molar-refractivity contribution < 1.29 is 9.53 Å². The van der Waals surface area contributed by atoms with Gasteiger partial charge in [-0.05, 0) is 37.0 Å². The van der Waals surface area contributed by atoms with E-state index < -0.39 is 0 Å². The molecule has 2 fully saturated rings. The van der Waals surface area contributed by atoms with Gasteiger partial charge >= 0.3 is 0 Å². The Balaban J connectivity index is 1.25. The van der Waals surface area contributed by atoms with Crippen molar-refractivity contribution in [1.29, 1.82) is 0 Å². The maximum absolute atomic E-state index is 12.5. The summed E-state index contributed by atoms with van der Waals surface area (Å²) < 4.78 is 6.62. The molecule has 3 heterocycles. The lowest BCUT2D eigenvalue weighted by atomic mass is 9.96. The molecule has 7 heteroatoms. The lowest BCUT2D eigenvalue weighted by molar-refractivity contribution is -0.125. The van der Waals surface area contributed by atoms with Gasteiger partial charge in [-0.1, -0.05) is 24.3 Å². The molecule has 0 bridgehead atoms. The Morgan fingerprint density at radius 1 is 1.25 bits per heavy atom. The van der Waals surface area contributed by atoms with Crippen LogP contribution < -0.4 is 10.2 Å². The average molecular weight is 403 g/mol. The van der Waals surface area contributed by atoms with Crippen molar-refractivity contribution >= 4 is 32.6 Å². The number of carbonyl (C=O) groups excluding carboxylic acids is 1. The number of aryl methyl sites for hydroxylation is 1. The first-order valence-corrected chi connectivity index (χ1v) is 11.3. The smallest absolute Gasteiger partial charge is 0.223 e. The number of ether oxygens (including phenoxy) is 1. The van der Waals surface area contributed by atoms with E-state index >= 15 is 0 Å². The summed E-state index contributed by atoms with van der Waals surface area (Å²) in [4.78, 5) is 22.0. The minimum Gasteiger partial charge on any atom is -0.379 e. The number of hydrogen-bond donors (Lipinski definition) is 1. The van der Waals surface area contributed by atoms with Crippen molar-refractivity contribution in [3.63, 3.8) is 0 Å². The van der Waals surface area contributed by atoms with Gasteiger partial charge in [-0.2, -0.15) is 0 Å². The normalized spacial score (nSPS) is 19.2. The molecule has 0 atom stereocenters. The van der Waals surface area contributed by atoms with Crippen molar-refractivity contribution in [2.45, 2.75) is 26.2 Å². The van der Waals surface area contributed by atoms with E-state index in [1.54, 1.807) is 11.3 Å². The molecule has 0 spiro atoms. The van der Waals surface area contributed by atoms with Crippen LogP contribution in [0.5, 0.6) is 0 Å². The number of nitrogens with zero attached hydrogens (tertiary/aromatic N) is 3. The Hall–Kier alpha value is -1.70. The van der Waals surface area contributed by atoms with Crippen molar-refractivity contribution in [2.24, 2.45) is 5.92 Å². The van der Waals surface area contributed by atoms with E-state index in [9.17, 15) is 4.79 Å². The molecule has 0 unspecified atom stereocenters. The number of benzene rings is 1. The number of carbonyl (C=O) groups is 1. The van der Waals surface area contributed by atoms with Crippen LogP contribution in [0.2, 0.25) is 0 Å². The van der Waals surface area contributed by atoms with Crippen LogP contribution in [0.15, 0.2) is 18.2 Å². The number of rotatable bonds is 6. The largest absolute Gasteiger partial charge is 0.379 e. The highest BCUT2D eigenvalue weighted by molar-refractivity contribution is 7.22. The number of fused-ring (bicyclic) bond motifs is 1. The maximum atomic E-state index is 12.5. The van der Waals surface area contributed by atoms with E-state index in [1.807, 2.05) is 0 Å². The topological polar surface area (TPSA) is 57.7 Å². The standard InChI is InChI=1S/C21H30N4O2S/c1-2-16-3-4-18-19(15-16)28-21(23-18)25-8-5-17(6-9-25)20(26)22-7-10-24-11-13-27-14-12-24/h3-4,15,17H,2,5-14H2,1H3,(H,22,26). The summed E-state index contributed by atoms with van der Waals surface area (Å²) in [5, 5.41) is 4.23. The molecule has 28 heavy (non-hydrogen) atoms. The van der Waals surface area contributed by atoms with E-state index in [-0.39, 0.29) is 11.8 Å². The van der Waals surface area contributed by atoms with Crippen molar-refractivity contribution in [2.75, 3.05) is 57.4 Å². The molecule has 6 nitrogen and oxygen atoms in total. The average Bonchev–Trinajstić information content (AvgIpc) is 3.18. The second-order valence-corrected chi connectivity index (χ2v) is 8.67. The zero-order valence-electron chi connectivity index (χ0n) is 16.7.